The third kappa shape index (κ3) is 4.13. The van der Waals surface area contributed by atoms with Crippen molar-refractivity contribution in [3.05, 3.63) is 23.8 Å². The Morgan fingerprint density at radius 3 is 2.67 bits per heavy atom. The lowest BCUT2D eigenvalue weighted by Gasteiger charge is -2.10. The first kappa shape index (κ1) is 14.1. The maximum Gasteiger partial charge on any atom is 0.414 e. The molecule has 0 unspecified atom stereocenters. The number of carbonyl (C=O) groups excluding carboxylic acids is 1. The van der Waals surface area contributed by atoms with Gasteiger partial charge in [-0.3, -0.25) is 9.63 Å². The molecule has 0 bridgehead atoms. The fourth-order valence-corrected chi connectivity index (χ4v) is 1.06. The third-order valence-corrected chi connectivity index (χ3v) is 1.85. The van der Waals surface area contributed by atoms with Crippen molar-refractivity contribution in [3.8, 4) is 11.5 Å². The van der Waals surface area contributed by atoms with E-state index < -0.39 is 24.4 Å². The van der Waals surface area contributed by atoms with Crippen LogP contribution in [0.2, 0.25) is 0 Å². The van der Waals surface area contributed by atoms with Crippen molar-refractivity contribution < 1.29 is 32.6 Å². The van der Waals surface area contributed by atoms with Gasteiger partial charge in [0.15, 0.2) is 6.61 Å². The standard InChI is InChI=1S/C10H10F3NO4/c1-17-6-2-3-8(15)7(4-6)9(16)14-18-5-10(11,12)13/h2-4,15H,5H2,1H3,(H,14,16). The number of amides is 1. The van der Waals surface area contributed by atoms with Gasteiger partial charge in [-0.2, -0.15) is 13.2 Å². The molecule has 0 saturated carbocycles. The summed E-state index contributed by atoms with van der Waals surface area (Å²) in [5.41, 5.74) is 1.32. The highest BCUT2D eigenvalue weighted by Crippen LogP contribution is 2.22. The summed E-state index contributed by atoms with van der Waals surface area (Å²) in [5, 5.41) is 9.37. The Balaban J connectivity index is 2.66. The number of halogens is 3. The second kappa shape index (κ2) is 5.58. The van der Waals surface area contributed by atoms with Gasteiger partial charge in [-0.05, 0) is 18.2 Å². The molecule has 5 nitrogen and oxygen atoms in total. The topological polar surface area (TPSA) is 67.8 Å². The third-order valence-electron chi connectivity index (χ3n) is 1.85. The largest absolute Gasteiger partial charge is 0.507 e. The Morgan fingerprint density at radius 1 is 1.44 bits per heavy atom. The van der Waals surface area contributed by atoms with Gasteiger partial charge in [0.25, 0.3) is 5.91 Å². The predicted molar refractivity (Wildman–Crippen MR) is 54.1 cm³/mol. The van der Waals surface area contributed by atoms with Gasteiger partial charge in [-0.1, -0.05) is 0 Å². The number of nitrogens with one attached hydrogen (secondary N) is 1. The molecular weight excluding hydrogens is 255 g/mol. The summed E-state index contributed by atoms with van der Waals surface area (Å²) in [6.07, 6.45) is -4.55. The van der Waals surface area contributed by atoms with Crippen LogP contribution in [-0.2, 0) is 4.84 Å². The second-order valence-corrected chi connectivity index (χ2v) is 3.22. The molecule has 0 radical (unpaired) electrons. The highest BCUT2D eigenvalue weighted by atomic mass is 19.4. The zero-order chi connectivity index (χ0) is 13.8. The van der Waals surface area contributed by atoms with Gasteiger partial charge in [0, 0.05) is 0 Å². The number of rotatable bonds is 4. The molecule has 8 heteroatoms. The summed E-state index contributed by atoms with van der Waals surface area (Å²) in [7, 11) is 1.34. The minimum Gasteiger partial charge on any atom is -0.507 e. The molecule has 1 aromatic rings. The SMILES string of the molecule is COc1ccc(O)c(C(=O)NOCC(F)(F)F)c1. The van der Waals surface area contributed by atoms with Crippen LogP contribution in [0.5, 0.6) is 11.5 Å². The summed E-state index contributed by atoms with van der Waals surface area (Å²) in [6.45, 7) is -1.62. The molecule has 18 heavy (non-hydrogen) atoms. The van der Waals surface area contributed by atoms with Gasteiger partial charge in [0.2, 0.25) is 0 Å². The maximum atomic E-state index is 11.8. The van der Waals surface area contributed by atoms with E-state index in [0.29, 0.717) is 0 Å². The van der Waals surface area contributed by atoms with Crippen LogP contribution in [0.3, 0.4) is 0 Å². The van der Waals surface area contributed by atoms with Gasteiger partial charge in [0.1, 0.15) is 11.5 Å². The van der Waals surface area contributed by atoms with Gasteiger partial charge >= 0.3 is 6.18 Å². The van der Waals surface area contributed by atoms with E-state index in [-0.39, 0.29) is 11.3 Å². The molecule has 0 heterocycles. The molecule has 2 N–H and O–H groups in total. The predicted octanol–water partition coefficient (Wildman–Crippen LogP) is 1.62. The second-order valence-electron chi connectivity index (χ2n) is 3.22. The Hall–Kier alpha value is -1.96. The molecule has 1 aromatic carbocycles. The van der Waals surface area contributed by atoms with E-state index >= 15 is 0 Å². The van der Waals surface area contributed by atoms with Crippen molar-refractivity contribution in [2.24, 2.45) is 0 Å². The van der Waals surface area contributed by atoms with Crippen LogP contribution in [0, 0.1) is 0 Å². The number of aromatic hydroxyl groups is 1. The number of benzene rings is 1. The highest BCUT2D eigenvalue weighted by Gasteiger charge is 2.28. The highest BCUT2D eigenvalue weighted by molar-refractivity contribution is 5.96. The molecule has 0 aliphatic carbocycles. The van der Waals surface area contributed by atoms with Crippen molar-refractivity contribution in [3.63, 3.8) is 0 Å². The average Bonchev–Trinajstić information content (AvgIpc) is 2.27. The summed E-state index contributed by atoms with van der Waals surface area (Å²) in [6, 6.07) is 3.74. The lowest BCUT2D eigenvalue weighted by molar-refractivity contribution is -0.184. The molecule has 0 aliphatic rings. The van der Waals surface area contributed by atoms with E-state index in [1.807, 2.05) is 0 Å². The Kier molecular flexibility index (Phi) is 4.38. The molecule has 0 atom stereocenters. The number of ether oxygens (including phenoxy) is 1. The summed E-state index contributed by atoms with van der Waals surface area (Å²) >= 11 is 0. The molecule has 0 fully saturated rings. The molecular formula is C10H10F3NO4. The number of hydrogen-bond acceptors (Lipinski definition) is 4. The summed E-state index contributed by atoms with van der Waals surface area (Å²) in [5.74, 6) is -1.13. The average molecular weight is 265 g/mol. The molecule has 1 rings (SSSR count). The minimum absolute atomic E-state index is 0.253. The van der Waals surface area contributed by atoms with Gasteiger partial charge in [-0.25, -0.2) is 5.48 Å². The number of hydroxylamine groups is 1. The molecule has 0 spiro atoms. The first-order chi connectivity index (χ1) is 8.33. The lowest BCUT2D eigenvalue weighted by Crippen LogP contribution is -2.29. The van der Waals surface area contributed by atoms with Gasteiger partial charge < -0.3 is 9.84 Å². The normalized spacial score (nSPS) is 11.1. The number of phenols is 1. The van der Waals surface area contributed by atoms with E-state index in [0.717, 1.165) is 0 Å². The molecule has 100 valence electrons. The number of phenolic OH excluding ortho intramolecular Hbond substituents is 1. The van der Waals surface area contributed by atoms with Crippen LogP contribution in [0.4, 0.5) is 13.2 Å². The van der Waals surface area contributed by atoms with E-state index in [1.165, 1.54) is 25.3 Å². The van der Waals surface area contributed by atoms with Crippen LogP contribution < -0.4 is 10.2 Å². The van der Waals surface area contributed by atoms with E-state index in [1.54, 1.807) is 5.48 Å². The number of hydrogen-bond donors (Lipinski definition) is 2. The monoisotopic (exact) mass is 265 g/mol. The number of alkyl halides is 3. The van der Waals surface area contributed by atoms with E-state index in [9.17, 15) is 23.1 Å². The minimum atomic E-state index is -4.55. The molecule has 1 amide bonds. The zero-order valence-corrected chi connectivity index (χ0v) is 9.25. The number of carbonyl (C=O) groups is 1. The fraction of sp³-hybridized carbons (Fsp3) is 0.300. The smallest absolute Gasteiger partial charge is 0.414 e. The zero-order valence-electron chi connectivity index (χ0n) is 9.25. The van der Waals surface area contributed by atoms with Gasteiger partial charge in [-0.15, -0.1) is 0 Å². The van der Waals surface area contributed by atoms with Crippen molar-refractivity contribution >= 4 is 5.91 Å². The van der Waals surface area contributed by atoms with Crippen molar-refractivity contribution in [1.82, 2.24) is 5.48 Å². The van der Waals surface area contributed by atoms with Crippen LogP contribution in [0.15, 0.2) is 18.2 Å². The first-order valence-corrected chi connectivity index (χ1v) is 4.69. The van der Waals surface area contributed by atoms with Crippen LogP contribution in [0.1, 0.15) is 10.4 Å². The van der Waals surface area contributed by atoms with Crippen molar-refractivity contribution in [2.45, 2.75) is 6.18 Å². The lowest BCUT2D eigenvalue weighted by atomic mass is 10.2. The Labute approximate surface area is 100 Å². The van der Waals surface area contributed by atoms with Crippen LogP contribution >= 0.6 is 0 Å². The molecule has 0 saturated heterocycles. The van der Waals surface area contributed by atoms with Crippen LogP contribution in [-0.4, -0.2) is 30.9 Å². The first-order valence-electron chi connectivity index (χ1n) is 4.69. The van der Waals surface area contributed by atoms with Crippen molar-refractivity contribution in [2.75, 3.05) is 13.7 Å². The molecule has 0 aliphatic heterocycles. The van der Waals surface area contributed by atoms with Crippen molar-refractivity contribution in [1.29, 1.82) is 0 Å². The Morgan fingerprint density at radius 2 is 2.11 bits per heavy atom. The van der Waals surface area contributed by atoms with Gasteiger partial charge in [0.05, 0.1) is 12.7 Å². The fourth-order valence-electron chi connectivity index (χ4n) is 1.06. The molecule has 0 aromatic heterocycles. The quantitative estimate of drug-likeness (QED) is 0.812. The summed E-state index contributed by atoms with van der Waals surface area (Å²) < 4.78 is 40.1. The number of methoxy groups -OCH3 is 1. The van der Waals surface area contributed by atoms with E-state index in [4.69, 9.17) is 4.74 Å². The van der Waals surface area contributed by atoms with E-state index in [2.05, 4.69) is 4.84 Å². The Bertz CT molecular complexity index is 434. The maximum absolute atomic E-state index is 11.8. The summed E-state index contributed by atoms with van der Waals surface area (Å²) in [4.78, 5) is 15.4. The van der Waals surface area contributed by atoms with Crippen LogP contribution in [0.25, 0.3) is 0 Å².